The number of ether oxygens (including phenoxy) is 1. The Morgan fingerprint density at radius 2 is 1.69 bits per heavy atom. The van der Waals surface area contributed by atoms with Gasteiger partial charge in [-0.1, -0.05) is 42.5 Å². The molecule has 1 N–H and O–H groups in total. The van der Waals surface area contributed by atoms with Crippen LogP contribution in [0.2, 0.25) is 0 Å². The van der Waals surface area contributed by atoms with Crippen molar-refractivity contribution in [1.82, 2.24) is 5.43 Å². The number of carbonyl (C=O) groups is 2. The molecule has 0 aliphatic heterocycles. The zero-order valence-electron chi connectivity index (χ0n) is 15.2. The summed E-state index contributed by atoms with van der Waals surface area (Å²) in [4.78, 5) is 25.0. The first-order valence-corrected chi connectivity index (χ1v) is 9.75. The van der Waals surface area contributed by atoms with Crippen molar-refractivity contribution in [2.24, 2.45) is 5.10 Å². The van der Waals surface area contributed by atoms with Crippen LogP contribution in [0.25, 0.3) is 10.8 Å². The molecule has 0 atom stereocenters. The second kappa shape index (κ2) is 8.50. The van der Waals surface area contributed by atoms with Crippen molar-refractivity contribution in [1.29, 1.82) is 0 Å². The van der Waals surface area contributed by atoms with E-state index in [1.165, 1.54) is 17.6 Å². The average Bonchev–Trinajstić information content (AvgIpc) is 3.29. The van der Waals surface area contributed by atoms with Crippen molar-refractivity contribution in [3.8, 4) is 5.75 Å². The molecule has 3 aromatic carbocycles. The summed E-state index contributed by atoms with van der Waals surface area (Å²) in [5, 5.41) is 7.61. The Bertz CT molecular complexity index is 1180. The third-order valence-corrected chi connectivity index (χ3v) is 5.09. The zero-order valence-corrected chi connectivity index (χ0v) is 16.1. The fourth-order valence-corrected chi connectivity index (χ4v) is 3.43. The third kappa shape index (κ3) is 4.39. The lowest BCUT2D eigenvalue weighted by molar-refractivity contribution is 0.0736. The molecule has 0 unspecified atom stereocenters. The molecule has 4 aromatic rings. The average molecular weight is 400 g/mol. The van der Waals surface area contributed by atoms with Gasteiger partial charge >= 0.3 is 5.97 Å². The quantitative estimate of drug-likeness (QED) is 0.225. The number of fused-ring (bicyclic) bond motifs is 1. The van der Waals surface area contributed by atoms with E-state index in [1.54, 1.807) is 36.4 Å². The predicted octanol–water partition coefficient (Wildman–Crippen LogP) is 4.88. The Morgan fingerprint density at radius 1 is 0.897 bits per heavy atom. The van der Waals surface area contributed by atoms with Crippen LogP contribution in [0.15, 0.2) is 89.3 Å². The maximum atomic E-state index is 12.6. The fourth-order valence-electron chi connectivity index (χ4n) is 2.82. The maximum Gasteiger partial charge on any atom is 0.344 e. The SMILES string of the molecule is O=C(NN=Cc1ccc(OC(=O)c2cccc3ccccc23)cc1)c1cccs1. The van der Waals surface area contributed by atoms with Crippen molar-refractivity contribution in [2.45, 2.75) is 0 Å². The topological polar surface area (TPSA) is 67.8 Å². The number of thiophene rings is 1. The molecule has 142 valence electrons. The molecule has 0 saturated heterocycles. The van der Waals surface area contributed by atoms with Gasteiger partial charge in [0.25, 0.3) is 5.91 Å². The molecule has 6 heteroatoms. The number of hydrogen-bond donors (Lipinski definition) is 1. The Morgan fingerprint density at radius 3 is 2.48 bits per heavy atom. The van der Waals surface area contributed by atoms with Crippen LogP contribution in [0.4, 0.5) is 0 Å². The summed E-state index contributed by atoms with van der Waals surface area (Å²) < 4.78 is 5.50. The van der Waals surface area contributed by atoms with Crippen LogP contribution in [0.5, 0.6) is 5.75 Å². The van der Waals surface area contributed by atoms with Crippen LogP contribution >= 0.6 is 11.3 Å². The number of amides is 1. The number of hydrogen-bond acceptors (Lipinski definition) is 5. The van der Waals surface area contributed by atoms with Gasteiger partial charge in [0.15, 0.2) is 0 Å². The maximum absolute atomic E-state index is 12.6. The summed E-state index contributed by atoms with van der Waals surface area (Å²) in [5.74, 6) is -0.231. The number of nitrogens with one attached hydrogen (secondary N) is 1. The lowest BCUT2D eigenvalue weighted by Crippen LogP contribution is -2.16. The predicted molar refractivity (Wildman–Crippen MR) is 115 cm³/mol. The second-order valence-electron chi connectivity index (χ2n) is 6.16. The first kappa shape index (κ1) is 18.6. The van der Waals surface area contributed by atoms with Crippen molar-refractivity contribution < 1.29 is 14.3 Å². The Balaban J connectivity index is 1.41. The third-order valence-electron chi connectivity index (χ3n) is 4.22. The summed E-state index contributed by atoms with van der Waals surface area (Å²) in [6.45, 7) is 0. The normalized spacial score (nSPS) is 10.9. The minimum atomic E-state index is -0.411. The molecule has 0 bridgehead atoms. The van der Waals surface area contributed by atoms with E-state index in [0.29, 0.717) is 16.2 Å². The number of esters is 1. The molecule has 29 heavy (non-hydrogen) atoms. The van der Waals surface area contributed by atoms with E-state index in [1.807, 2.05) is 47.8 Å². The van der Waals surface area contributed by atoms with Gasteiger partial charge in [-0.3, -0.25) is 4.79 Å². The van der Waals surface area contributed by atoms with E-state index >= 15 is 0 Å². The van der Waals surface area contributed by atoms with Gasteiger partial charge in [0.1, 0.15) is 5.75 Å². The highest BCUT2D eigenvalue weighted by molar-refractivity contribution is 7.12. The van der Waals surface area contributed by atoms with Crippen molar-refractivity contribution in [3.63, 3.8) is 0 Å². The van der Waals surface area contributed by atoms with Gasteiger partial charge in [0, 0.05) is 0 Å². The molecular formula is C23H16N2O3S. The van der Waals surface area contributed by atoms with E-state index in [-0.39, 0.29) is 5.91 Å². The number of nitrogens with zero attached hydrogens (tertiary/aromatic N) is 1. The molecule has 0 saturated carbocycles. The molecule has 5 nitrogen and oxygen atoms in total. The van der Waals surface area contributed by atoms with E-state index < -0.39 is 5.97 Å². The van der Waals surface area contributed by atoms with Gasteiger partial charge in [0.2, 0.25) is 0 Å². The fraction of sp³-hybridized carbons (Fsp3) is 0. The number of hydrazone groups is 1. The van der Waals surface area contributed by atoms with Gasteiger partial charge in [-0.2, -0.15) is 5.10 Å². The summed E-state index contributed by atoms with van der Waals surface area (Å²) in [5.41, 5.74) is 3.76. The highest BCUT2D eigenvalue weighted by Crippen LogP contribution is 2.21. The van der Waals surface area contributed by atoms with Crippen LogP contribution in [0.3, 0.4) is 0 Å². The van der Waals surface area contributed by atoms with E-state index in [9.17, 15) is 9.59 Å². The first-order chi connectivity index (χ1) is 14.2. The van der Waals surface area contributed by atoms with Gasteiger partial charge in [-0.15, -0.1) is 11.3 Å². The van der Waals surface area contributed by atoms with Crippen molar-refractivity contribution in [3.05, 3.63) is 100 Å². The van der Waals surface area contributed by atoms with Gasteiger partial charge < -0.3 is 4.74 Å². The highest BCUT2D eigenvalue weighted by Gasteiger charge is 2.12. The van der Waals surface area contributed by atoms with Crippen LogP contribution < -0.4 is 10.2 Å². The molecule has 4 rings (SSSR count). The molecule has 1 aromatic heterocycles. The minimum Gasteiger partial charge on any atom is -0.423 e. The lowest BCUT2D eigenvalue weighted by Gasteiger charge is -2.07. The van der Waals surface area contributed by atoms with Gasteiger partial charge in [-0.25, -0.2) is 10.2 Å². The van der Waals surface area contributed by atoms with E-state index in [2.05, 4.69) is 10.5 Å². The zero-order chi connectivity index (χ0) is 20.1. The Hall–Kier alpha value is -3.77. The monoisotopic (exact) mass is 400 g/mol. The molecule has 0 radical (unpaired) electrons. The smallest absolute Gasteiger partial charge is 0.344 e. The van der Waals surface area contributed by atoms with Crippen LogP contribution in [0.1, 0.15) is 25.6 Å². The largest absolute Gasteiger partial charge is 0.423 e. The summed E-state index contributed by atoms with van der Waals surface area (Å²) in [7, 11) is 0. The molecule has 0 spiro atoms. The number of rotatable bonds is 5. The molecule has 0 aliphatic carbocycles. The molecule has 0 fully saturated rings. The van der Waals surface area contributed by atoms with Crippen LogP contribution in [-0.4, -0.2) is 18.1 Å². The number of carbonyl (C=O) groups excluding carboxylic acids is 2. The molecule has 1 heterocycles. The van der Waals surface area contributed by atoms with Crippen molar-refractivity contribution >= 4 is 40.2 Å². The summed E-state index contributed by atoms with van der Waals surface area (Å²) >= 11 is 1.35. The first-order valence-electron chi connectivity index (χ1n) is 8.87. The van der Waals surface area contributed by atoms with E-state index in [0.717, 1.165) is 16.3 Å². The molecule has 0 aliphatic rings. The molecule has 1 amide bonds. The number of benzene rings is 3. The Kier molecular flexibility index (Phi) is 5.45. The van der Waals surface area contributed by atoms with Crippen molar-refractivity contribution in [2.75, 3.05) is 0 Å². The van der Waals surface area contributed by atoms with Gasteiger partial charge in [-0.05, 0) is 58.1 Å². The lowest BCUT2D eigenvalue weighted by atomic mass is 10.0. The summed E-state index contributed by atoms with van der Waals surface area (Å²) in [6.07, 6.45) is 1.53. The minimum absolute atomic E-state index is 0.253. The Labute approximate surface area is 171 Å². The van der Waals surface area contributed by atoms with Crippen LogP contribution in [0, 0.1) is 0 Å². The van der Waals surface area contributed by atoms with E-state index in [4.69, 9.17) is 4.74 Å². The summed E-state index contributed by atoms with van der Waals surface area (Å²) in [6, 6.07) is 23.6. The standard InChI is InChI=1S/C23H16N2O3S/c26-22(21-9-4-14-29-21)25-24-15-16-10-12-18(13-11-16)28-23(27)20-8-3-6-17-5-1-2-7-19(17)20/h1-15H,(H,25,26). The van der Waals surface area contributed by atoms with Crippen LogP contribution in [-0.2, 0) is 0 Å². The van der Waals surface area contributed by atoms with Gasteiger partial charge in [0.05, 0.1) is 16.7 Å². The highest BCUT2D eigenvalue weighted by atomic mass is 32.1. The second-order valence-corrected chi connectivity index (χ2v) is 7.11. The molecular weight excluding hydrogens is 384 g/mol.